The lowest BCUT2D eigenvalue weighted by atomic mass is 9.92. The smallest absolute Gasteiger partial charge is 0.348 e. The van der Waals surface area contributed by atoms with Crippen molar-refractivity contribution in [1.82, 2.24) is 4.90 Å². The van der Waals surface area contributed by atoms with Gasteiger partial charge >= 0.3 is 11.9 Å². The number of hydrogen-bond acceptors (Lipinski definition) is 5. The second-order valence-electron chi connectivity index (χ2n) is 10.1. The number of aryl methyl sites for hydroxylation is 2. The van der Waals surface area contributed by atoms with Gasteiger partial charge in [0, 0.05) is 23.9 Å². The first-order valence-electron chi connectivity index (χ1n) is 13.3. The highest BCUT2D eigenvalue weighted by molar-refractivity contribution is 7.13. The molecule has 1 N–H and O–H groups in total. The van der Waals surface area contributed by atoms with E-state index in [2.05, 4.69) is 24.3 Å². The summed E-state index contributed by atoms with van der Waals surface area (Å²) >= 11 is 1.32. The minimum absolute atomic E-state index is 0.0885. The summed E-state index contributed by atoms with van der Waals surface area (Å²) in [6, 6.07) is 13.3. The Morgan fingerprint density at radius 1 is 1.11 bits per heavy atom. The predicted octanol–water partition coefficient (Wildman–Crippen LogP) is 6.28. The molecule has 1 unspecified atom stereocenters. The number of ether oxygens (including phenoxy) is 1. The van der Waals surface area contributed by atoms with E-state index in [4.69, 9.17) is 4.74 Å². The lowest BCUT2D eigenvalue weighted by molar-refractivity contribution is -0.148. The van der Waals surface area contributed by atoms with Gasteiger partial charge in [0.15, 0.2) is 0 Å². The van der Waals surface area contributed by atoms with Crippen molar-refractivity contribution in [1.29, 1.82) is 0 Å². The molecule has 0 aliphatic carbocycles. The van der Waals surface area contributed by atoms with Gasteiger partial charge in [-0.3, -0.25) is 4.79 Å². The van der Waals surface area contributed by atoms with Gasteiger partial charge in [-0.05, 0) is 68.6 Å². The van der Waals surface area contributed by atoms with Crippen LogP contribution in [0.25, 0.3) is 0 Å². The number of esters is 1. The maximum absolute atomic E-state index is 14.3. The molecule has 0 radical (unpaired) electrons. The number of methoxy groups -OCH3 is 1. The number of aliphatic hydroxyl groups excluding tert-OH is 1. The summed E-state index contributed by atoms with van der Waals surface area (Å²) in [5.41, 5.74) is 1.34. The van der Waals surface area contributed by atoms with Crippen LogP contribution in [0.2, 0.25) is 0 Å². The maximum Gasteiger partial charge on any atom is 0.348 e. The van der Waals surface area contributed by atoms with Crippen molar-refractivity contribution in [3.05, 3.63) is 57.8 Å². The van der Waals surface area contributed by atoms with E-state index in [1.165, 1.54) is 28.9 Å². The van der Waals surface area contributed by atoms with E-state index in [1.807, 2.05) is 19.1 Å². The molecule has 1 fully saturated rings. The largest absolute Gasteiger partial charge is 0.465 e. The number of carbonyl (C=O) groups excluding carboxylic acids is 2. The van der Waals surface area contributed by atoms with Crippen molar-refractivity contribution >= 4 is 23.2 Å². The van der Waals surface area contributed by atoms with E-state index < -0.39 is 36.4 Å². The van der Waals surface area contributed by atoms with Gasteiger partial charge in [0.25, 0.3) is 5.91 Å². The van der Waals surface area contributed by atoms with E-state index in [1.54, 1.807) is 6.07 Å². The van der Waals surface area contributed by atoms with Crippen LogP contribution in [0.15, 0.2) is 42.5 Å². The highest BCUT2D eigenvalue weighted by Gasteiger charge is 2.52. The summed E-state index contributed by atoms with van der Waals surface area (Å²) in [4.78, 5) is 26.7. The third kappa shape index (κ3) is 8.60. The molecule has 1 aromatic carbocycles. The third-order valence-electron chi connectivity index (χ3n) is 7.30. The Kier molecular flexibility index (Phi) is 11.1. The van der Waals surface area contributed by atoms with E-state index in [0.29, 0.717) is 30.6 Å². The summed E-state index contributed by atoms with van der Waals surface area (Å²) < 4.78 is 33.2. The number of hydrogen-bond donors (Lipinski definition) is 1. The van der Waals surface area contributed by atoms with Gasteiger partial charge in [-0.2, -0.15) is 8.78 Å². The lowest BCUT2D eigenvalue weighted by Gasteiger charge is -2.26. The molecule has 1 amide bonds. The average Bonchev–Trinajstić information content (AvgIpc) is 3.45. The first-order valence-corrected chi connectivity index (χ1v) is 14.1. The quantitative estimate of drug-likeness (QED) is 0.215. The van der Waals surface area contributed by atoms with E-state index in [0.717, 1.165) is 37.0 Å². The Hall–Kier alpha value is -2.32. The minimum Gasteiger partial charge on any atom is -0.465 e. The highest BCUT2D eigenvalue weighted by atomic mass is 32.1. The number of thiophene rings is 1. The number of rotatable bonds is 15. The van der Waals surface area contributed by atoms with Crippen molar-refractivity contribution < 1.29 is 28.2 Å². The molecule has 0 saturated carbocycles. The molecule has 8 heteroatoms. The van der Waals surface area contributed by atoms with Gasteiger partial charge in [0.1, 0.15) is 4.88 Å². The molecule has 3 atom stereocenters. The predicted molar refractivity (Wildman–Crippen MR) is 142 cm³/mol. The Labute approximate surface area is 222 Å². The SMILES string of the molecule is COC(=O)c1ccc(CCCN2C(=O)C(F)(F)CC2CC[C@@H](O)[C@H](C)CCCCCc2ccccc2)s1. The van der Waals surface area contributed by atoms with Gasteiger partial charge in [-0.25, -0.2) is 4.79 Å². The first kappa shape index (κ1) is 29.2. The Morgan fingerprint density at radius 2 is 1.86 bits per heavy atom. The van der Waals surface area contributed by atoms with Crippen molar-refractivity contribution in [2.45, 2.75) is 89.2 Å². The van der Waals surface area contributed by atoms with Crippen LogP contribution in [0.5, 0.6) is 0 Å². The number of halogens is 2. The second kappa shape index (κ2) is 14.0. The molecule has 1 saturated heterocycles. The maximum atomic E-state index is 14.3. The van der Waals surface area contributed by atoms with Crippen molar-refractivity contribution in [3.8, 4) is 0 Å². The molecule has 1 aliphatic heterocycles. The molecule has 204 valence electrons. The van der Waals surface area contributed by atoms with Crippen LogP contribution >= 0.6 is 11.3 Å². The standard InChI is InChI=1S/C29H39F2NO4S/c1-21(10-5-3-6-11-22-12-7-4-8-13-22)25(33)17-15-23-20-29(30,31)28(35)32(23)19-9-14-24-16-18-26(37-24)27(34)36-2/h4,7-8,12-13,16,18,21,23,25,33H,3,5-6,9-11,14-15,17,19-20H2,1-2H3/t21-,23?,25-/m1/s1. The summed E-state index contributed by atoms with van der Waals surface area (Å²) in [6.45, 7) is 2.25. The zero-order chi connectivity index (χ0) is 26.8. The Morgan fingerprint density at radius 3 is 2.59 bits per heavy atom. The normalized spacial score (nSPS) is 18.7. The van der Waals surface area contributed by atoms with Crippen LogP contribution in [0.1, 0.15) is 78.4 Å². The van der Waals surface area contributed by atoms with Gasteiger partial charge in [-0.1, -0.05) is 50.1 Å². The first-order chi connectivity index (χ1) is 17.7. The molecule has 1 aliphatic rings. The van der Waals surface area contributed by atoms with Crippen LogP contribution in [0.4, 0.5) is 8.78 Å². The van der Waals surface area contributed by atoms with Gasteiger partial charge in [0.05, 0.1) is 13.2 Å². The van der Waals surface area contributed by atoms with E-state index in [9.17, 15) is 23.5 Å². The summed E-state index contributed by atoms with van der Waals surface area (Å²) in [7, 11) is 1.33. The minimum atomic E-state index is -3.35. The fourth-order valence-electron chi connectivity index (χ4n) is 5.01. The molecule has 2 aromatic rings. The number of likely N-dealkylation sites (tertiary alicyclic amines) is 1. The van der Waals surface area contributed by atoms with Crippen LogP contribution < -0.4 is 0 Å². The van der Waals surface area contributed by atoms with Crippen LogP contribution in [0, 0.1) is 5.92 Å². The summed E-state index contributed by atoms with van der Waals surface area (Å²) in [6.07, 6.45) is 6.01. The van der Waals surface area contributed by atoms with Crippen LogP contribution in [-0.2, 0) is 22.4 Å². The summed E-state index contributed by atoms with van der Waals surface area (Å²) in [5, 5.41) is 10.7. The van der Waals surface area contributed by atoms with E-state index >= 15 is 0 Å². The zero-order valence-electron chi connectivity index (χ0n) is 21.8. The molecule has 3 rings (SSSR count). The molecule has 5 nitrogen and oxygen atoms in total. The molecule has 37 heavy (non-hydrogen) atoms. The molecule has 0 spiro atoms. The molecular formula is C29H39F2NO4S. The second-order valence-corrected chi connectivity index (χ2v) is 11.3. The lowest BCUT2D eigenvalue weighted by Crippen LogP contribution is -2.37. The number of amides is 1. The number of alkyl halides is 2. The van der Waals surface area contributed by atoms with Crippen molar-refractivity contribution in [2.24, 2.45) is 5.92 Å². The van der Waals surface area contributed by atoms with Crippen LogP contribution in [-0.4, -0.2) is 53.6 Å². The molecule has 1 aromatic heterocycles. The van der Waals surface area contributed by atoms with Crippen LogP contribution in [0.3, 0.4) is 0 Å². The number of nitrogens with zero attached hydrogens (tertiary/aromatic N) is 1. The zero-order valence-corrected chi connectivity index (χ0v) is 22.7. The summed E-state index contributed by atoms with van der Waals surface area (Å²) in [5.74, 6) is -4.77. The van der Waals surface area contributed by atoms with Gasteiger partial charge in [0.2, 0.25) is 0 Å². The molecule has 0 bridgehead atoms. The molecule has 2 heterocycles. The van der Waals surface area contributed by atoms with E-state index in [-0.39, 0.29) is 12.5 Å². The Bertz CT molecular complexity index is 997. The number of unbranched alkanes of at least 4 members (excludes halogenated alkanes) is 2. The van der Waals surface area contributed by atoms with Gasteiger partial charge < -0.3 is 14.7 Å². The molecular weight excluding hydrogens is 496 g/mol. The monoisotopic (exact) mass is 535 g/mol. The third-order valence-corrected chi connectivity index (χ3v) is 8.42. The average molecular weight is 536 g/mol. The highest BCUT2D eigenvalue weighted by Crippen LogP contribution is 2.36. The fraction of sp³-hybridized carbons (Fsp3) is 0.586. The number of carbonyl (C=O) groups is 2. The number of aliphatic hydroxyl groups is 1. The Balaban J connectivity index is 1.40. The topological polar surface area (TPSA) is 66.8 Å². The van der Waals surface area contributed by atoms with Gasteiger partial charge in [-0.15, -0.1) is 11.3 Å². The number of benzene rings is 1. The van der Waals surface area contributed by atoms with Crippen molar-refractivity contribution in [3.63, 3.8) is 0 Å². The van der Waals surface area contributed by atoms with Crippen molar-refractivity contribution in [2.75, 3.05) is 13.7 Å². The fourth-order valence-corrected chi connectivity index (χ4v) is 5.98.